The van der Waals surface area contributed by atoms with Crippen LogP contribution in [0.5, 0.6) is 11.5 Å². The topological polar surface area (TPSA) is 48.3 Å². The van der Waals surface area contributed by atoms with E-state index in [1.54, 1.807) is 0 Å². The van der Waals surface area contributed by atoms with Crippen molar-refractivity contribution in [3.05, 3.63) is 41.2 Å². The van der Waals surface area contributed by atoms with E-state index in [-0.39, 0.29) is 6.10 Å². The van der Waals surface area contributed by atoms with E-state index in [1.165, 1.54) is 5.56 Å². The van der Waals surface area contributed by atoms with Crippen molar-refractivity contribution in [3.63, 3.8) is 0 Å². The van der Waals surface area contributed by atoms with Gasteiger partial charge in [-0.3, -0.25) is 4.68 Å². The monoisotopic (exact) mass is 301 g/mol. The highest BCUT2D eigenvalue weighted by Crippen LogP contribution is 2.35. The van der Waals surface area contributed by atoms with Crippen molar-refractivity contribution >= 4 is 0 Å². The van der Waals surface area contributed by atoms with Gasteiger partial charge in [0.15, 0.2) is 0 Å². The highest BCUT2D eigenvalue weighted by Gasteiger charge is 2.21. The highest BCUT2D eigenvalue weighted by atomic mass is 16.5. The predicted molar refractivity (Wildman–Crippen MR) is 85.2 cm³/mol. The van der Waals surface area contributed by atoms with Crippen LogP contribution in [0.25, 0.3) is 0 Å². The maximum atomic E-state index is 5.85. The van der Waals surface area contributed by atoms with Gasteiger partial charge >= 0.3 is 0 Å². The molecule has 1 unspecified atom stereocenters. The fraction of sp³-hybridized carbons (Fsp3) is 0.471. The lowest BCUT2D eigenvalue weighted by atomic mass is 10.1. The molecule has 5 heteroatoms. The Kier molecular flexibility index (Phi) is 4.34. The highest BCUT2D eigenvalue weighted by molar-refractivity contribution is 5.48. The van der Waals surface area contributed by atoms with Gasteiger partial charge in [-0.1, -0.05) is 0 Å². The zero-order chi connectivity index (χ0) is 15.5. The Hall–Kier alpha value is -2.01. The third-order valence-corrected chi connectivity index (χ3v) is 3.92. The van der Waals surface area contributed by atoms with Crippen LogP contribution in [-0.4, -0.2) is 22.5 Å². The summed E-state index contributed by atoms with van der Waals surface area (Å²) in [6.45, 7) is 6.30. The van der Waals surface area contributed by atoms with Crippen LogP contribution in [0.1, 0.15) is 30.7 Å². The molecule has 118 valence electrons. The second-order valence-electron chi connectivity index (χ2n) is 5.68. The quantitative estimate of drug-likeness (QED) is 0.890. The minimum Gasteiger partial charge on any atom is -0.494 e. The molecule has 22 heavy (non-hydrogen) atoms. The number of benzene rings is 1. The van der Waals surface area contributed by atoms with Crippen molar-refractivity contribution in [2.75, 3.05) is 6.61 Å². The fourth-order valence-corrected chi connectivity index (χ4v) is 2.81. The Balaban J connectivity index is 1.72. The SMILES string of the molecule is CCOc1cc2c(cc1CNCc1ccnn1C)OC(C)C2. The molecule has 1 aliphatic heterocycles. The molecule has 0 saturated heterocycles. The van der Waals surface area contributed by atoms with Crippen LogP contribution in [-0.2, 0) is 26.6 Å². The van der Waals surface area contributed by atoms with Crippen molar-refractivity contribution in [3.8, 4) is 11.5 Å². The molecule has 1 aromatic heterocycles. The first-order chi connectivity index (χ1) is 10.7. The van der Waals surface area contributed by atoms with Crippen LogP contribution in [0.15, 0.2) is 24.4 Å². The summed E-state index contributed by atoms with van der Waals surface area (Å²) in [5.41, 5.74) is 3.53. The lowest BCUT2D eigenvalue weighted by Gasteiger charge is -2.13. The van der Waals surface area contributed by atoms with E-state index >= 15 is 0 Å². The van der Waals surface area contributed by atoms with Gasteiger partial charge in [-0.05, 0) is 32.0 Å². The smallest absolute Gasteiger partial charge is 0.124 e. The number of fused-ring (bicyclic) bond motifs is 1. The molecular weight excluding hydrogens is 278 g/mol. The molecule has 1 aliphatic rings. The number of hydrogen-bond donors (Lipinski definition) is 1. The molecule has 0 amide bonds. The lowest BCUT2D eigenvalue weighted by Crippen LogP contribution is -2.16. The molecule has 0 spiro atoms. The van der Waals surface area contributed by atoms with Gasteiger partial charge in [0.05, 0.1) is 12.3 Å². The number of ether oxygens (including phenoxy) is 2. The number of aryl methyl sites for hydroxylation is 1. The Bertz CT molecular complexity index is 651. The average molecular weight is 301 g/mol. The molecular formula is C17H23N3O2. The van der Waals surface area contributed by atoms with E-state index in [0.717, 1.165) is 42.3 Å². The average Bonchev–Trinajstić information content (AvgIpc) is 3.04. The minimum absolute atomic E-state index is 0.252. The van der Waals surface area contributed by atoms with Gasteiger partial charge in [0.1, 0.15) is 17.6 Å². The van der Waals surface area contributed by atoms with E-state index in [4.69, 9.17) is 9.47 Å². The molecule has 1 atom stereocenters. The van der Waals surface area contributed by atoms with E-state index < -0.39 is 0 Å². The normalized spacial score (nSPS) is 16.4. The van der Waals surface area contributed by atoms with E-state index in [1.807, 2.05) is 30.9 Å². The van der Waals surface area contributed by atoms with Crippen LogP contribution < -0.4 is 14.8 Å². The summed E-state index contributed by atoms with van der Waals surface area (Å²) in [6, 6.07) is 6.26. The standard InChI is InChI=1S/C17H23N3O2/c1-4-21-16-8-13-7-12(2)22-17(13)9-14(16)10-18-11-15-5-6-19-20(15)3/h5-6,8-9,12,18H,4,7,10-11H2,1-3H3. The van der Waals surface area contributed by atoms with Gasteiger partial charge in [0, 0.05) is 43.9 Å². The van der Waals surface area contributed by atoms with Gasteiger partial charge in [-0.15, -0.1) is 0 Å². The summed E-state index contributed by atoms with van der Waals surface area (Å²) < 4.78 is 13.5. The number of hydrogen-bond acceptors (Lipinski definition) is 4. The third-order valence-electron chi connectivity index (χ3n) is 3.92. The Morgan fingerprint density at radius 2 is 2.27 bits per heavy atom. The summed E-state index contributed by atoms with van der Waals surface area (Å²) in [6.07, 6.45) is 3.02. The molecule has 3 rings (SSSR count). The fourth-order valence-electron chi connectivity index (χ4n) is 2.81. The van der Waals surface area contributed by atoms with Gasteiger partial charge in [0.2, 0.25) is 0 Å². The Labute approximate surface area is 131 Å². The van der Waals surface area contributed by atoms with Gasteiger partial charge in [-0.2, -0.15) is 5.10 Å². The van der Waals surface area contributed by atoms with Crippen molar-refractivity contribution in [2.24, 2.45) is 7.05 Å². The maximum absolute atomic E-state index is 5.85. The molecule has 0 fully saturated rings. The van der Waals surface area contributed by atoms with Crippen molar-refractivity contribution in [1.82, 2.24) is 15.1 Å². The number of nitrogens with zero attached hydrogens (tertiary/aromatic N) is 2. The molecule has 5 nitrogen and oxygen atoms in total. The van der Waals surface area contributed by atoms with Crippen LogP contribution in [0, 0.1) is 0 Å². The molecule has 0 saturated carbocycles. The zero-order valence-electron chi connectivity index (χ0n) is 13.4. The first kappa shape index (κ1) is 14.9. The minimum atomic E-state index is 0.252. The molecule has 0 aliphatic carbocycles. The summed E-state index contributed by atoms with van der Waals surface area (Å²) in [5, 5.41) is 7.63. The van der Waals surface area contributed by atoms with E-state index in [2.05, 4.69) is 29.5 Å². The zero-order valence-corrected chi connectivity index (χ0v) is 13.4. The van der Waals surface area contributed by atoms with Crippen LogP contribution in [0.3, 0.4) is 0 Å². The summed E-state index contributed by atoms with van der Waals surface area (Å²) >= 11 is 0. The second-order valence-corrected chi connectivity index (χ2v) is 5.68. The first-order valence-electron chi connectivity index (χ1n) is 7.80. The summed E-state index contributed by atoms with van der Waals surface area (Å²) in [5.74, 6) is 1.95. The molecule has 1 N–H and O–H groups in total. The Morgan fingerprint density at radius 1 is 1.41 bits per heavy atom. The summed E-state index contributed by atoms with van der Waals surface area (Å²) in [4.78, 5) is 0. The van der Waals surface area contributed by atoms with Crippen LogP contribution in [0.2, 0.25) is 0 Å². The predicted octanol–water partition coefficient (Wildman–Crippen LogP) is 2.43. The van der Waals surface area contributed by atoms with Crippen LogP contribution in [0.4, 0.5) is 0 Å². The second kappa shape index (κ2) is 6.40. The van der Waals surface area contributed by atoms with Crippen LogP contribution >= 0.6 is 0 Å². The van der Waals surface area contributed by atoms with Gasteiger partial charge in [-0.25, -0.2) is 0 Å². The van der Waals surface area contributed by atoms with Gasteiger partial charge < -0.3 is 14.8 Å². The van der Waals surface area contributed by atoms with Crippen molar-refractivity contribution in [2.45, 2.75) is 39.5 Å². The molecule has 0 bridgehead atoms. The third kappa shape index (κ3) is 3.09. The number of rotatable bonds is 6. The molecule has 2 aromatic rings. The molecule has 0 radical (unpaired) electrons. The van der Waals surface area contributed by atoms with E-state index in [0.29, 0.717) is 6.61 Å². The molecule has 2 heterocycles. The van der Waals surface area contributed by atoms with Gasteiger partial charge in [0.25, 0.3) is 0 Å². The Morgan fingerprint density at radius 3 is 3.00 bits per heavy atom. The summed E-state index contributed by atoms with van der Waals surface area (Å²) in [7, 11) is 1.95. The number of nitrogens with one attached hydrogen (secondary N) is 1. The van der Waals surface area contributed by atoms with Crippen molar-refractivity contribution in [1.29, 1.82) is 0 Å². The maximum Gasteiger partial charge on any atom is 0.124 e. The van der Waals surface area contributed by atoms with E-state index in [9.17, 15) is 0 Å². The largest absolute Gasteiger partial charge is 0.494 e. The van der Waals surface area contributed by atoms with Crippen molar-refractivity contribution < 1.29 is 9.47 Å². The lowest BCUT2D eigenvalue weighted by molar-refractivity contribution is 0.254. The number of aromatic nitrogens is 2. The first-order valence-corrected chi connectivity index (χ1v) is 7.80. The molecule has 1 aromatic carbocycles.